The molecule has 0 radical (unpaired) electrons. The van der Waals surface area contributed by atoms with Gasteiger partial charge in [0.1, 0.15) is 0 Å². The molecule has 1 unspecified atom stereocenters. The molecular weight excluding hydrogens is 326 g/mol. The third-order valence-corrected chi connectivity index (χ3v) is 4.68. The van der Waals surface area contributed by atoms with Crippen LogP contribution in [0.5, 0.6) is 0 Å². The number of piperidine rings is 1. The average molecular weight is 346 g/mol. The van der Waals surface area contributed by atoms with Gasteiger partial charge < -0.3 is 10.1 Å². The molecule has 2 heterocycles. The molecule has 25 heavy (non-hydrogen) atoms. The van der Waals surface area contributed by atoms with Gasteiger partial charge in [-0.2, -0.15) is 4.73 Å². The highest BCUT2D eigenvalue weighted by Gasteiger charge is 2.24. The van der Waals surface area contributed by atoms with Crippen molar-refractivity contribution in [1.29, 1.82) is 0 Å². The molecule has 0 aliphatic carbocycles. The molecule has 0 spiro atoms. The van der Waals surface area contributed by atoms with Gasteiger partial charge in [-0.1, -0.05) is 6.07 Å². The number of aromatic nitrogens is 1. The zero-order valence-electron chi connectivity index (χ0n) is 13.8. The molecule has 1 aliphatic rings. The molecule has 4 nitrogen and oxygen atoms in total. The molecule has 1 aromatic heterocycles. The van der Waals surface area contributed by atoms with Crippen molar-refractivity contribution < 1.29 is 18.3 Å². The normalized spacial score (nSPS) is 17.5. The molecule has 1 atom stereocenters. The Kier molecular flexibility index (Phi) is 5.26. The number of hydrogen-bond donors (Lipinski definition) is 0. The first kappa shape index (κ1) is 17.3. The summed E-state index contributed by atoms with van der Waals surface area (Å²) in [6, 6.07) is 7.05. The molecule has 1 aromatic carbocycles. The van der Waals surface area contributed by atoms with E-state index in [0.29, 0.717) is 35.7 Å². The van der Waals surface area contributed by atoms with Crippen LogP contribution >= 0.6 is 0 Å². The van der Waals surface area contributed by atoms with E-state index in [1.54, 1.807) is 6.07 Å². The Morgan fingerprint density at radius 2 is 1.96 bits per heavy atom. The Morgan fingerprint density at radius 1 is 1.20 bits per heavy atom. The predicted molar refractivity (Wildman–Crippen MR) is 88.7 cm³/mol. The van der Waals surface area contributed by atoms with E-state index >= 15 is 0 Å². The molecule has 1 fully saturated rings. The summed E-state index contributed by atoms with van der Waals surface area (Å²) in [5.74, 6) is -1.39. The number of hydrogen-bond acceptors (Lipinski definition) is 2. The highest BCUT2D eigenvalue weighted by Crippen LogP contribution is 2.23. The number of carbonyl (C=O) groups is 1. The van der Waals surface area contributed by atoms with Crippen LogP contribution in [-0.4, -0.2) is 23.9 Å². The third kappa shape index (κ3) is 4.32. The average Bonchev–Trinajstić information content (AvgIpc) is 2.63. The van der Waals surface area contributed by atoms with Crippen molar-refractivity contribution in [1.82, 2.24) is 4.90 Å². The first-order chi connectivity index (χ1) is 12.0. The van der Waals surface area contributed by atoms with Crippen LogP contribution in [0.25, 0.3) is 0 Å². The molecule has 0 saturated carbocycles. The van der Waals surface area contributed by atoms with E-state index in [9.17, 15) is 18.8 Å². The fourth-order valence-electron chi connectivity index (χ4n) is 3.29. The molecule has 0 bridgehead atoms. The van der Waals surface area contributed by atoms with Gasteiger partial charge in [0.05, 0.1) is 5.56 Å². The van der Waals surface area contributed by atoms with Crippen LogP contribution in [0, 0.1) is 22.8 Å². The molecule has 1 aliphatic heterocycles. The molecule has 1 saturated heterocycles. The Hall–Kier alpha value is -2.50. The van der Waals surface area contributed by atoms with Gasteiger partial charge in [0.15, 0.2) is 24.0 Å². The summed E-state index contributed by atoms with van der Waals surface area (Å²) in [7, 11) is 0. The lowest BCUT2D eigenvalue weighted by molar-refractivity contribution is -0.605. The van der Waals surface area contributed by atoms with Crippen LogP contribution in [0.2, 0.25) is 0 Å². The summed E-state index contributed by atoms with van der Waals surface area (Å²) >= 11 is 0. The second kappa shape index (κ2) is 7.59. The number of pyridine rings is 1. The molecular formula is C19H20F2N2O2. The zero-order chi connectivity index (χ0) is 17.8. The van der Waals surface area contributed by atoms with E-state index in [4.69, 9.17) is 0 Å². The van der Waals surface area contributed by atoms with Crippen molar-refractivity contribution in [2.45, 2.75) is 25.7 Å². The lowest BCUT2D eigenvalue weighted by Gasteiger charge is -2.33. The van der Waals surface area contributed by atoms with E-state index in [1.807, 2.05) is 4.90 Å². The lowest BCUT2D eigenvalue weighted by Crippen LogP contribution is -2.40. The summed E-state index contributed by atoms with van der Waals surface area (Å²) in [5.41, 5.74) is 1.28. The number of rotatable bonds is 4. The van der Waals surface area contributed by atoms with E-state index in [0.717, 1.165) is 30.9 Å². The predicted octanol–water partition coefficient (Wildman–Crippen LogP) is 3.08. The number of likely N-dealkylation sites (tertiary alicyclic amines) is 1. The van der Waals surface area contributed by atoms with Crippen LogP contribution in [0.4, 0.5) is 8.78 Å². The summed E-state index contributed by atoms with van der Waals surface area (Å²) in [5, 5.41) is 11.1. The fourth-order valence-corrected chi connectivity index (χ4v) is 3.29. The minimum Gasteiger partial charge on any atom is -0.619 e. The van der Waals surface area contributed by atoms with Gasteiger partial charge in [0.25, 0.3) is 5.91 Å². The topological polar surface area (TPSA) is 47.2 Å². The van der Waals surface area contributed by atoms with Gasteiger partial charge in [-0.05, 0) is 49.3 Å². The molecule has 132 valence electrons. The third-order valence-electron chi connectivity index (χ3n) is 4.68. The number of aryl methyl sites for hydroxylation is 1. The van der Waals surface area contributed by atoms with E-state index in [-0.39, 0.29) is 5.91 Å². The van der Waals surface area contributed by atoms with E-state index in [2.05, 4.69) is 0 Å². The number of carbonyl (C=O) groups excluding carboxylic acids is 1. The Labute approximate surface area is 145 Å². The Morgan fingerprint density at radius 3 is 2.68 bits per heavy atom. The van der Waals surface area contributed by atoms with Crippen LogP contribution in [-0.2, 0) is 6.42 Å². The highest BCUT2D eigenvalue weighted by atomic mass is 19.2. The maximum atomic E-state index is 13.3. The number of halogens is 2. The summed E-state index contributed by atoms with van der Waals surface area (Å²) in [6.07, 6.45) is 6.05. The summed E-state index contributed by atoms with van der Waals surface area (Å²) in [6.45, 7) is 1.35. The van der Waals surface area contributed by atoms with Crippen molar-refractivity contribution in [3.8, 4) is 0 Å². The summed E-state index contributed by atoms with van der Waals surface area (Å²) < 4.78 is 26.9. The molecule has 0 N–H and O–H groups in total. The summed E-state index contributed by atoms with van der Waals surface area (Å²) in [4.78, 5) is 14.3. The SMILES string of the molecule is O=C(c1cc[n+]([O-])cc1)N1CCCC(CCc2ccc(F)c(F)c2)C1. The second-order valence-corrected chi connectivity index (χ2v) is 6.49. The van der Waals surface area contributed by atoms with Crippen LogP contribution in [0.3, 0.4) is 0 Å². The van der Waals surface area contributed by atoms with Crippen molar-refractivity contribution >= 4 is 5.91 Å². The van der Waals surface area contributed by atoms with Gasteiger partial charge in [-0.15, -0.1) is 0 Å². The van der Waals surface area contributed by atoms with Crippen molar-refractivity contribution in [3.05, 3.63) is 70.7 Å². The molecule has 6 heteroatoms. The van der Waals surface area contributed by atoms with Gasteiger partial charge in [-0.25, -0.2) is 8.78 Å². The van der Waals surface area contributed by atoms with Crippen LogP contribution in [0.1, 0.15) is 35.2 Å². The first-order valence-electron chi connectivity index (χ1n) is 8.45. The van der Waals surface area contributed by atoms with Gasteiger partial charge >= 0.3 is 0 Å². The number of benzene rings is 1. The number of amides is 1. The van der Waals surface area contributed by atoms with Crippen molar-refractivity contribution in [3.63, 3.8) is 0 Å². The van der Waals surface area contributed by atoms with E-state index < -0.39 is 11.6 Å². The van der Waals surface area contributed by atoms with E-state index in [1.165, 1.54) is 30.6 Å². The molecule has 1 amide bonds. The van der Waals surface area contributed by atoms with Gasteiger partial charge in [0.2, 0.25) is 0 Å². The first-order valence-corrected chi connectivity index (χ1v) is 8.45. The molecule has 2 aromatic rings. The monoisotopic (exact) mass is 346 g/mol. The minimum atomic E-state index is -0.833. The Bertz CT molecular complexity index is 750. The smallest absolute Gasteiger partial charge is 0.254 e. The largest absolute Gasteiger partial charge is 0.619 e. The maximum Gasteiger partial charge on any atom is 0.254 e. The number of nitrogens with zero attached hydrogens (tertiary/aromatic N) is 2. The quantitative estimate of drug-likeness (QED) is 0.631. The van der Waals surface area contributed by atoms with Crippen molar-refractivity contribution in [2.24, 2.45) is 5.92 Å². The molecule has 3 rings (SSSR count). The zero-order valence-corrected chi connectivity index (χ0v) is 13.8. The van der Waals surface area contributed by atoms with Crippen LogP contribution < -0.4 is 4.73 Å². The maximum absolute atomic E-state index is 13.3. The van der Waals surface area contributed by atoms with Gasteiger partial charge in [-0.3, -0.25) is 4.79 Å². The van der Waals surface area contributed by atoms with Gasteiger partial charge in [0, 0.05) is 25.2 Å². The lowest BCUT2D eigenvalue weighted by atomic mass is 9.91. The minimum absolute atomic E-state index is 0.0712. The second-order valence-electron chi connectivity index (χ2n) is 6.49. The van der Waals surface area contributed by atoms with Crippen LogP contribution in [0.15, 0.2) is 42.7 Å². The fraction of sp³-hybridized carbons (Fsp3) is 0.368. The van der Waals surface area contributed by atoms with Crippen molar-refractivity contribution in [2.75, 3.05) is 13.1 Å². The highest BCUT2D eigenvalue weighted by molar-refractivity contribution is 5.94. The standard InChI is InChI=1S/C19H20F2N2O2/c20-17-6-5-14(12-18(17)21)3-4-15-2-1-9-22(13-15)19(24)16-7-10-23(25)11-8-16/h5-8,10-12,15H,1-4,9,13H2. The Balaban J connectivity index is 1.58.